The van der Waals surface area contributed by atoms with Crippen molar-refractivity contribution in [2.75, 3.05) is 0 Å². The van der Waals surface area contributed by atoms with Gasteiger partial charge in [0.1, 0.15) is 5.15 Å². The molecule has 0 aliphatic carbocycles. The van der Waals surface area contributed by atoms with Gasteiger partial charge in [0.15, 0.2) is 11.6 Å². The highest BCUT2D eigenvalue weighted by Crippen LogP contribution is 2.30. The van der Waals surface area contributed by atoms with Gasteiger partial charge in [-0.15, -0.1) is 0 Å². The Bertz CT molecular complexity index is 546. The van der Waals surface area contributed by atoms with Crippen LogP contribution in [0.25, 0.3) is 11.6 Å². The zero-order valence-electron chi connectivity index (χ0n) is 9.79. The Hall–Kier alpha value is -0.870. The van der Waals surface area contributed by atoms with Gasteiger partial charge >= 0.3 is 0 Å². The van der Waals surface area contributed by atoms with Crippen LogP contribution in [-0.2, 0) is 5.41 Å². The number of hydrogen-bond acceptors (Lipinski definition) is 3. The number of aromatic nitrogens is 2. The zero-order chi connectivity index (χ0) is 12.6. The van der Waals surface area contributed by atoms with Gasteiger partial charge < -0.3 is 4.42 Å². The maximum absolute atomic E-state index is 6.02. The molecule has 2 aromatic heterocycles. The van der Waals surface area contributed by atoms with E-state index in [2.05, 4.69) is 46.7 Å². The first kappa shape index (κ1) is 12.6. The predicted octanol–water partition coefficient (Wildman–Crippen LogP) is 4.45. The van der Waals surface area contributed by atoms with Gasteiger partial charge in [0.25, 0.3) is 0 Å². The quantitative estimate of drug-likeness (QED) is 0.730. The SMILES string of the molecule is CC(C)(C)c1cc(Cl)nc(-c2occc2Br)n1. The molecular weight excluding hydrogens is 304 g/mol. The van der Waals surface area contributed by atoms with Crippen LogP contribution in [-0.4, -0.2) is 9.97 Å². The first-order chi connectivity index (χ1) is 7.88. The molecule has 2 aromatic rings. The molecule has 5 heteroatoms. The van der Waals surface area contributed by atoms with E-state index in [0.717, 1.165) is 10.2 Å². The molecule has 0 atom stereocenters. The molecule has 0 bridgehead atoms. The standard InChI is InChI=1S/C12H12BrClN2O/c1-12(2,3)8-6-9(14)16-11(15-8)10-7(13)4-5-17-10/h4-6H,1-3H3. The lowest BCUT2D eigenvalue weighted by Crippen LogP contribution is -2.14. The molecule has 0 amide bonds. The fourth-order valence-corrected chi connectivity index (χ4v) is 1.92. The molecule has 17 heavy (non-hydrogen) atoms. The smallest absolute Gasteiger partial charge is 0.198 e. The summed E-state index contributed by atoms with van der Waals surface area (Å²) in [5.41, 5.74) is 0.802. The van der Waals surface area contributed by atoms with Crippen LogP contribution in [0.3, 0.4) is 0 Å². The zero-order valence-corrected chi connectivity index (χ0v) is 12.1. The van der Waals surface area contributed by atoms with Crippen molar-refractivity contribution in [1.82, 2.24) is 9.97 Å². The third-order valence-corrected chi connectivity index (χ3v) is 3.10. The second-order valence-electron chi connectivity index (χ2n) is 4.75. The first-order valence-corrected chi connectivity index (χ1v) is 6.33. The predicted molar refractivity (Wildman–Crippen MR) is 71.1 cm³/mol. The van der Waals surface area contributed by atoms with Crippen LogP contribution in [0.1, 0.15) is 26.5 Å². The Balaban J connectivity index is 2.57. The fourth-order valence-electron chi connectivity index (χ4n) is 1.36. The van der Waals surface area contributed by atoms with Crippen LogP contribution in [0.5, 0.6) is 0 Å². The highest BCUT2D eigenvalue weighted by Gasteiger charge is 2.19. The summed E-state index contributed by atoms with van der Waals surface area (Å²) in [6, 6.07) is 3.58. The molecule has 0 saturated heterocycles. The van der Waals surface area contributed by atoms with Crippen LogP contribution >= 0.6 is 27.5 Å². The minimum atomic E-state index is -0.0829. The molecule has 0 N–H and O–H groups in total. The highest BCUT2D eigenvalue weighted by molar-refractivity contribution is 9.10. The minimum Gasteiger partial charge on any atom is -0.460 e. The van der Waals surface area contributed by atoms with E-state index in [1.807, 2.05) is 0 Å². The highest BCUT2D eigenvalue weighted by atomic mass is 79.9. The molecule has 0 aliphatic rings. The largest absolute Gasteiger partial charge is 0.460 e. The summed E-state index contributed by atoms with van der Waals surface area (Å²) in [6.07, 6.45) is 1.58. The van der Waals surface area contributed by atoms with E-state index in [1.165, 1.54) is 0 Å². The molecule has 0 radical (unpaired) electrons. The van der Waals surface area contributed by atoms with E-state index in [-0.39, 0.29) is 5.41 Å². The Labute approximate surface area is 113 Å². The van der Waals surface area contributed by atoms with Crippen molar-refractivity contribution in [3.8, 4) is 11.6 Å². The topological polar surface area (TPSA) is 38.9 Å². The number of furan rings is 1. The maximum Gasteiger partial charge on any atom is 0.198 e. The van der Waals surface area contributed by atoms with E-state index in [4.69, 9.17) is 16.0 Å². The van der Waals surface area contributed by atoms with Gasteiger partial charge in [0.2, 0.25) is 0 Å². The summed E-state index contributed by atoms with van der Waals surface area (Å²) in [5, 5.41) is 0.420. The van der Waals surface area contributed by atoms with E-state index in [0.29, 0.717) is 16.7 Å². The Morgan fingerprint density at radius 1 is 1.29 bits per heavy atom. The van der Waals surface area contributed by atoms with Gasteiger partial charge in [-0.2, -0.15) is 0 Å². The molecule has 2 heterocycles. The fraction of sp³-hybridized carbons (Fsp3) is 0.333. The van der Waals surface area contributed by atoms with Gasteiger partial charge in [-0.1, -0.05) is 32.4 Å². The lowest BCUT2D eigenvalue weighted by molar-refractivity contribution is 0.556. The van der Waals surface area contributed by atoms with Crippen molar-refractivity contribution in [3.63, 3.8) is 0 Å². The Kier molecular flexibility index (Phi) is 3.27. The van der Waals surface area contributed by atoms with Gasteiger partial charge in [-0.05, 0) is 28.1 Å². The molecule has 2 rings (SSSR count). The average molecular weight is 316 g/mol. The molecule has 0 aromatic carbocycles. The number of nitrogens with zero attached hydrogens (tertiary/aromatic N) is 2. The van der Waals surface area contributed by atoms with E-state index >= 15 is 0 Å². The first-order valence-electron chi connectivity index (χ1n) is 5.16. The van der Waals surface area contributed by atoms with E-state index < -0.39 is 0 Å². The number of hydrogen-bond donors (Lipinski definition) is 0. The van der Waals surface area contributed by atoms with Crippen molar-refractivity contribution in [2.24, 2.45) is 0 Å². The molecule has 0 saturated carbocycles. The Morgan fingerprint density at radius 2 is 2.00 bits per heavy atom. The third-order valence-electron chi connectivity index (χ3n) is 2.28. The van der Waals surface area contributed by atoms with E-state index in [9.17, 15) is 0 Å². The molecular formula is C12H12BrClN2O. The van der Waals surface area contributed by atoms with Gasteiger partial charge in [0, 0.05) is 5.41 Å². The lowest BCUT2D eigenvalue weighted by atomic mass is 9.92. The lowest BCUT2D eigenvalue weighted by Gasteiger charge is -2.18. The summed E-state index contributed by atoms with van der Waals surface area (Å²) in [6.45, 7) is 6.23. The molecule has 0 aliphatic heterocycles. The molecule has 0 fully saturated rings. The van der Waals surface area contributed by atoms with Crippen LogP contribution in [0.15, 0.2) is 27.3 Å². The molecule has 90 valence electrons. The van der Waals surface area contributed by atoms with Gasteiger partial charge in [-0.3, -0.25) is 0 Å². The summed E-state index contributed by atoms with van der Waals surface area (Å²) in [7, 11) is 0. The molecule has 0 unspecified atom stereocenters. The Morgan fingerprint density at radius 3 is 2.53 bits per heavy atom. The summed E-state index contributed by atoms with van der Waals surface area (Å²) >= 11 is 9.40. The number of halogens is 2. The van der Waals surface area contributed by atoms with Gasteiger partial charge in [-0.25, -0.2) is 9.97 Å². The van der Waals surface area contributed by atoms with Crippen molar-refractivity contribution < 1.29 is 4.42 Å². The second kappa shape index (κ2) is 4.42. The minimum absolute atomic E-state index is 0.0829. The summed E-state index contributed by atoms with van der Waals surface area (Å²) in [4.78, 5) is 8.67. The van der Waals surface area contributed by atoms with Crippen LogP contribution in [0.2, 0.25) is 5.15 Å². The van der Waals surface area contributed by atoms with E-state index in [1.54, 1.807) is 18.4 Å². The van der Waals surface area contributed by atoms with Crippen LogP contribution in [0.4, 0.5) is 0 Å². The van der Waals surface area contributed by atoms with Crippen molar-refractivity contribution in [1.29, 1.82) is 0 Å². The van der Waals surface area contributed by atoms with Crippen molar-refractivity contribution in [2.45, 2.75) is 26.2 Å². The summed E-state index contributed by atoms with van der Waals surface area (Å²) < 4.78 is 6.16. The maximum atomic E-state index is 6.02. The van der Waals surface area contributed by atoms with Gasteiger partial charge in [0.05, 0.1) is 16.4 Å². The monoisotopic (exact) mass is 314 g/mol. The van der Waals surface area contributed by atoms with Crippen molar-refractivity contribution >= 4 is 27.5 Å². The summed E-state index contributed by atoms with van der Waals surface area (Å²) in [5.74, 6) is 1.09. The van der Waals surface area contributed by atoms with Crippen molar-refractivity contribution in [3.05, 3.63) is 33.7 Å². The molecule has 0 spiro atoms. The third kappa shape index (κ3) is 2.69. The number of rotatable bonds is 1. The molecule has 3 nitrogen and oxygen atoms in total. The average Bonchev–Trinajstić information content (AvgIpc) is 2.62. The normalized spacial score (nSPS) is 11.8. The second-order valence-corrected chi connectivity index (χ2v) is 5.99. The van der Waals surface area contributed by atoms with Crippen LogP contribution in [0, 0.1) is 0 Å². The van der Waals surface area contributed by atoms with Crippen LogP contribution < -0.4 is 0 Å².